The average Bonchev–Trinajstić information content (AvgIpc) is 2.27. The summed E-state index contributed by atoms with van der Waals surface area (Å²) in [7, 11) is 0. The van der Waals surface area contributed by atoms with Gasteiger partial charge in [-0.05, 0) is 31.0 Å². The van der Waals surface area contributed by atoms with E-state index in [9.17, 15) is 9.50 Å². The van der Waals surface area contributed by atoms with Crippen molar-refractivity contribution in [2.75, 3.05) is 6.61 Å². The first-order valence-corrected chi connectivity index (χ1v) is 6.10. The molecular weight excluding hydrogens is 273 g/mol. The number of halogens is 2. The molecule has 16 heavy (non-hydrogen) atoms. The molecule has 0 heterocycles. The van der Waals surface area contributed by atoms with E-state index < -0.39 is 0 Å². The minimum Gasteiger partial charge on any atom is -0.394 e. The second-order valence-electron chi connectivity index (χ2n) is 4.16. The number of hydrogen-bond donors (Lipinski definition) is 2. The molecule has 1 aromatic rings. The molecule has 0 saturated heterocycles. The lowest BCUT2D eigenvalue weighted by Gasteiger charge is -2.27. The summed E-state index contributed by atoms with van der Waals surface area (Å²) in [5, 5.41) is 12.5. The van der Waals surface area contributed by atoms with Crippen LogP contribution >= 0.6 is 15.9 Å². The monoisotopic (exact) mass is 289 g/mol. The molecule has 0 aliphatic heterocycles. The first kappa shape index (κ1) is 13.6. The highest BCUT2D eigenvalue weighted by Crippen LogP contribution is 2.19. The smallest absolute Gasteiger partial charge is 0.124 e. The van der Waals surface area contributed by atoms with Crippen molar-refractivity contribution < 1.29 is 9.50 Å². The van der Waals surface area contributed by atoms with Gasteiger partial charge in [0, 0.05) is 16.6 Å². The second kappa shape index (κ2) is 5.75. The molecule has 0 aromatic heterocycles. The van der Waals surface area contributed by atoms with Crippen molar-refractivity contribution in [3.63, 3.8) is 0 Å². The summed E-state index contributed by atoms with van der Waals surface area (Å²) in [6, 6.07) is 4.61. The Morgan fingerprint density at radius 1 is 1.50 bits per heavy atom. The van der Waals surface area contributed by atoms with Crippen molar-refractivity contribution in [3.8, 4) is 0 Å². The van der Waals surface area contributed by atoms with E-state index in [1.54, 1.807) is 6.07 Å². The lowest BCUT2D eigenvalue weighted by Crippen LogP contribution is -2.44. The fraction of sp³-hybridized carbons (Fsp3) is 0.500. The summed E-state index contributed by atoms with van der Waals surface area (Å²) >= 11 is 3.32. The van der Waals surface area contributed by atoms with E-state index in [-0.39, 0.29) is 18.0 Å². The van der Waals surface area contributed by atoms with Gasteiger partial charge in [0.2, 0.25) is 0 Å². The third kappa shape index (κ3) is 3.54. The minimum atomic E-state index is -0.284. The van der Waals surface area contributed by atoms with Crippen molar-refractivity contribution in [1.82, 2.24) is 5.32 Å². The van der Waals surface area contributed by atoms with Gasteiger partial charge in [-0.2, -0.15) is 0 Å². The van der Waals surface area contributed by atoms with Gasteiger partial charge in [0.1, 0.15) is 5.82 Å². The molecule has 0 aliphatic carbocycles. The molecule has 90 valence electrons. The summed E-state index contributed by atoms with van der Waals surface area (Å²) in [5.74, 6) is -0.254. The maximum absolute atomic E-state index is 12.9. The number of aliphatic hydroxyl groups is 1. The molecule has 1 aromatic carbocycles. The molecule has 1 atom stereocenters. The minimum absolute atomic E-state index is 0.0856. The topological polar surface area (TPSA) is 32.3 Å². The fourth-order valence-corrected chi connectivity index (χ4v) is 1.76. The van der Waals surface area contributed by atoms with Crippen LogP contribution in [0.4, 0.5) is 4.39 Å². The van der Waals surface area contributed by atoms with E-state index in [0.717, 1.165) is 16.5 Å². The summed E-state index contributed by atoms with van der Waals surface area (Å²) in [6.45, 7) is 4.67. The Hall–Kier alpha value is -0.450. The van der Waals surface area contributed by atoms with Crippen LogP contribution in [0.1, 0.15) is 25.8 Å². The van der Waals surface area contributed by atoms with Crippen LogP contribution < -0.4 is 5.32 Å². The van der Waals surface area contributed by atoms with Crippen molar-refractivity contribution in [2.45, 2.75) is 32.4 Å². The van der Waals surface area contributed by atoms with E-state index in [1.165, 1.54) is 12.1 Å². The lowest BCUT2D eigenvalue weighted by molar-refractivity contribution is 0.169. The molecule has 1 unspecified atom stereocenters. The van der Waals surface area contributed by atoms with Crippen LogP contribution in [0.3, 0.4) is 0 Å². The van der Waals surface area contributed by atoms with Gasteiger partial charge < -0.3 is 10.4 Å². The quantitative estimate of drug-likeness (QED) is 0.874. The molecule has 0 bridgehead atoms. The summed E-state index contributed by atoms with van der Waals surface area (Å²) in [6.07, 6.45) is 0.836. The summed E-state index contributed by atoms with van der Waals surface area (Å²) in [5.41, 5.74) is 0.697. The number of aliphatic hydroxyl groups excluding tert-OH is 1. The van der Waals surface area contributed by atoms with Crippen LogP contribution in [-0.4, -0.2) is 17.3 Å². The van der Waals surface area contributed by atoms with Gasteiger partial charge in [0.25, 0.3) is 0 Å². The Balaban J connectivity index is 2.67. The van der Waals surface area contributed by atoms with E-state index >= 15 is 0 Å². The number of benzene rings is 1. The highest BCUT2D eigenvalue weighted by atomic mass is 79.9. The lowest BCUT2D eigenvalue weighted by atomic mass is 10.00. The Morgan fingerprint density at radius 3 is 2.69 bits per heavy atom. The molecule has 0 aliphatic rings. The highest BCUT2D eigenvalue weighted by Gasteiger charge is 2.19. The van der Waals surface area contributed by atoms with Gasteiger partial charge in [0.05, 0.1) is 6.61 Å². The normalized spacial score (nSPS) is 14.8. The maximum atomic E-state index is 12.9. The molecule has 4 heteroatoms. The Bertz CT molecular complexity index is 353. The highest BCUT2D eigenvalue weighted by molar-refractivity contribution is 9.10. The standard InChI is InChI=1S/C12H17BrFNO/c1-3-12(2,8-16)15-7-9-4-5-10(14)6-11(9)13/h4-6,15-16H,3,7-8H2,1-2H3. The molecule has 0 fully saturated rings. The molecule has 0 radical (unpaired) electrons. The molecule has 0 amide bonds. The number of nitrogens with one attached hydrogen (secondary N) is 1. The zero-order valence-electron chi connectivity index (χ0n) is 9.56. The van der Waals surface area contributed by atoms with Gasteiger partial charge in [-0.1, -0.05) is 28.9 Å². The van der Waals surface area contributed by atoms with Gasteiger partial charge in [0.15, 0.2) is 0 Å². The van der Waals surface area contributed by atoms with Crippen LogP contribution in [0, 0.1) is 5.82 Å². The van der Waals surface area contributed by atoms with Gasteiger partial charge in [-0.3, -0.25) is 0 Å². The molecule has 0 spiro atoms. The number of rotatable bonds is 5. The fourth-order valence-electron chi connectivity index (χ4n) is 1.27. The van der Waals surface area contributed by atoms with Gasteiger partial charge >= 0.3 is 0 Å². The van der Waals surface area contributed by atoms with Crippen molar-refractivity contribution in [2.24, 2.45) is 0 Å². The van der Waals surface area contributed by atoms with Crippen LogP contribution in [0.25, 0.3) is 0 Å². The third-order valence-electron chi connectivity index (χ3n) is 2.85. The maximum Gasteiger partial charge on any atom is 0.124 e. The van der Waals surface area contributed by atoms with E-state index in [2.05, 4.69) is 21.2 Å². The third-order valence-corrected chi connectivity index (χ3v) is 3.59. The Morgan fingerprint density at radius 2 is 2.19 bits per heavy atom. The Labute approximate surface area is 104 Å². The average molecular weight is 290 g/mol. The Kier molecular flexibility index (Phi) is 4.89. The number of hydrogen-bond acceptors (Lipinski definition) is 2. The van der Waals surface area contributed by atoms with E-state index in [1.807, 2.05) is 13.8 Å². The predicted octanol–water partition coefficient (Wildman–Crippen LogP) is 2.84. The van der Waals surface area contributed by atoms with E-state index in [0.29, 0.717) is 6.54 Å². The summed E-state index contributed by atoms with van der Waals surface area (Å²) in [4.78, 5) is 0. The molecule has 0 saturated carbocycles. The molecule has 2 N–H and O–H groups in total. The SMILES string of the molecule is CCC(C)(CO)NCc1ccc(F)cc1Br. The van der Waals surface area contributed by atoms with Gasteiger partial charge in [-0.25, -0.2) is 4.39 Å². The van der Waals surface area contributed by atoms with Crippen molar-refractivity contribution >= 4 is 15.9 Å². The molecule has 2 nitrogen and oxygen atoms in total. The molecule has 1 rings (SSSR count). The van der Waals surface area contributed by atoms with Gasteiger partial charge in [-0.15, -0.1) is 0 Å². The first-order valence-electron chi connectivity index (χ1n) is 5.30. The zero-order chi connectivity index (χ0) is 12.2. The predicted molar refractivity (Wildman–Crippen MR) is 66.7 cm³/mol. The van der Waals surface area contributed by atoms with Crippen LogP contribution in [-0.2, 0) is 6.54 Å². The summed E-state index contributed by atoms with van der Waals surface area (Å²) < 4.78 is 13.6. The van der Waals surface area contributed by atoms with Crippen LogP contribution in [0.5, 0.6) is 0 Å². The zero-order valence-corrected chi connectivity index (χ0v) is 11.1. The van der Waals surface area contributed by atoms with Crippen LogP contribution in [0.15, 0.2) is 22.7 Å². The second-order valence-corrected chi connectivity index (χ2v) is 5.02. The largest absolute Gasteiger partial charge is 0.394 e. The van der Waals surface area contributed by atoms with Crippen molar-refractivity contribution in [1.29, 1.82) is 0 Å². The van der Waals surface area contributed by atoms with Crippen molar-refractivity contribution in [3.05, 3.63) is 34.1 Å². The van der Waals surface area contributed by atoms with E-state index in [4.69, 9.17) is 0 Å². The van der Waals surface area contributed by atoms with Crippen LogP contribution in [0.2, 0.25) is 0 Å². The molecular formula is C12H17BrFNO. The first-order chi connectivity index (χ1) is 7.50.